The van der Waals surface area contributed by atoms with Gasteiger partial charge in [0, 0.05) is 23.7 Å². The van der Waals surface area contributed by atoms with Crippen LogP contribution in [-0.4, -0.2) is 27.9 Å². The first-order valence-electron chi connectivity index (χ1n) is 5.77. The van der Waals surface area contributed by atoms with Crippen LogP contribution < -0.4 is 5.32 Å². The smallest absolute Gasteiger partial charge is 0.230 e. The third-order valence-electron chi connectivity index (χ3n) is 2.09. The van der Waals surface area contributed by atoms with Crippen molar-refractivity contribution in [2.75, 3.05) is 12.3 Å². The maximum absolute atomic E-state index is 11.5. The van der Waals surface area contributed by atoms with Crippen molar-refractivity contribution in [3.05, 3.63) is 30.1 Å². The Morgan fingerprint density at radius 3 is 2.82 bits per heavy atom. The minimum absolute atomic E-state index is 0.105. The van der Waals surface area contributed by atoms with Crippen LogP contribution in [0, 0.1) is 0 Å². The third kappa shape index (κ3) is 7.00. The zero-order valence-corrected chi connectivity index (χ0v) is 11.5. The van der Waals surface area contributed by atoms with Gasteiger partial charge in [-0.25, -0.2) is 0 Å². The summed E-state index contributed by atoms with van der Waals surface area (Å²) in [4.78, 5) is 15.6. The minimum Gasteiger partial charge on any atom is -0.355 e. The van der Waals surface area contributed by atoms with Gasteiger partial charge in [0.1, 0.15) is 0 Å². The van der Waals surface area contributed by atoms with Gasteiger partial charge in [0.25, 0.3) is 0 Å². The standard InChI is InChI=1S/C13H20N2OS/c1-13(2,3)17-10-12(16)15-8-6-11-5-4-7-14-9-11/h4-5,7,9H,6,8,10H2,1-3H3,(H,15,16). The molecule has 0 aliphatic heterocycles. The molecule has 0 aliphatic carbocycles. The zero-order chi connectivity index (χ0) is 12.7. The molecular formula is C13H20N2OS. The number of pyridine rings is 1. The molecule has 0 saturated carbocycles. The average Bonchev–Trinajstić information content (AvgIpc) is 2.27. The van der Waals surface area contributed by atoms with E-state index in [1.807, 2.05) is 18.3 Å². The van der Waals surface area contributed by atoms with Crippen LogP contribution in [0.25, 0.3) is 0 Å². The number of amides is 1. The molecule has 1 aromatic rings. The predicted molar refractivity (Wildman–Crippen MR) is 73.2 cm³/mol. The molecule has 0 saturated heterocycles. The van der Waals surface area contributed by atoms with Crippen LogP contribution in [0.3, 0.4) is 0 Å². The van der Waals surface area contributed by atoms with Gasteiger partial charge in [-0.2, -0.15) is 0 Å². The Morgan fingerprint density at radius 1 is 1.47 bits per heavy atom. The Kier molecular flexibility index (Phi) is 5.48. The first-order valence-corrected chi connectivity index (χ1v) is 6.75. The quantitative estimate of drug-likeness (QED) is 0.874. The van der Waals surface area contributed by atoms with Crippen molar-refractivity contribution >= 4 is 17.7 Å². The number of nitrogens with one attached hydrogen (secondary N) is 1. The lowest BCUT2D eigenvalue weighted by Gasteiger charge is -2.16. The summed E-state index contributed by atoms with van der Waals surface area (Å²) in [5.41, 5.74) is 1.15. The van der Waals surface area contributed by atoms with E-state index in [-0.39, 0.29) is 10.7 Å². The van der Waals surface area contributed by atoms with E-state index in [0.717, 1.165) is 12.0 Å². The molecule has 1 rings (SSSR count). The molecule has 0 fully saturated rings. The summed E-state index contributed by atoms with van der Waals surface area (Å²) in [6.45, 7) is 7.01. The molecule has 0 atom stereocenters. The Morgan fingerprint density at radius 2 is 2.24 bits per heavy atom. The number of carbonyl (C=O) groups excluding carboxylic acids is 1. The summed E-state index contributed by atoms with van der Waals surface area (Å²) in [7, 11) is 0. The van der Waals surface area contributed by atoms with Crippen LogP contribution in [0.5, 0.6) is 0 Å². The van der Waals surface area contributed by atoms with E-state index >= 15 is 0 Å². The SMILES string of the molecule is CC(C)(C)SCC(=O)NCCc1cccnc1. The van der Waals surface area contributed by atoms with E-state index in [1.54, 1.807) is 18.0 Å². The first-order chi connectivity index (χ1) is 7.97. The molecule has 94 valence electrons. The van der Waals surface area contributed by atoms with Crippen molar-refractivity contribution in [3.63, 3.8) is 0 Å². The Balaban J connectivity index is 2.17. The van der Waals surface area contributed by atoms with Gasteiger partial charge in [-0.1, -0.05) is 26.8 Å². The Bertz CT molecular complexity index is 346. The van der Waals surface area contributed by atoms with Crippen LogP contribution >= 0.6 is 11.8 Å². The maximum Gasteiger partial charge on any atom is 0.230 e. The van der Waals surface area contributed by atoms with Gasteiger partial charge >= 0.3 is 0 Å². The van der Waals surface area contributed by atoms with Crippen LogP contribution in [0.15, 0.2) is 24.5 Å². The molecular weight excluding hydrogens is 232 g/mol. The lowest BCUT2D eigenvalue weighted by Crippen LogP contribution is -2.28. The number of aromatic nitrogens is 1. The normalized spacial score (nSPS) is 11.2. The van der Waals surface area contributed by atoms with Gasteiger partial charge < -0.3 is 5.32 Å². The van der Waals surface area contributed by atoms with E-state index in [0.29, 0.717) is 12.3 Å². The number of hydrogen-bond donors (Lipinski definition) is 1. The summed E-state index contributed by atoms with van der Waals surface area (Å²) >= 11 is 1.66. The van der Waals surface area contributed by atoms with Gasteiger partial charge in [0.05, 0.1) is 5.75 Å². The van der Waals surface area contributed by atoms with Gasteiger partial charge in [0.15, 0.2) is 0 Å². The van der Waals surface area contributed by atoms with Crippen LogP contribution in [0.2, 0.25) is 0 Å². The fraction of sp³-hybridized carbons (Fsp3) is 0.538. The van der Waals surface area contributed by atoms with E-state index in [9.17, 15) is 4.79 Å². The van der Waals surface area contributed by atoms with E-state index in [1.165, 1.54) is 0 Å². The van der Waals surface area contributed by atoms with E-state index < -0.39 is 0 Å². The molecule has 1 heterocycles. The van der Waals surface area contributed by atoms with Crippen molar-refractivity contribution in [1.82, 2.24) is 10.3 Å². The molecule has 4 heteroatoms. The number of rotatable bonds is 5. The zero-order valence-electron chi connectivity index (χ0n) is 10.7. The lowest BCUT2D eigenvalue weighted by molar-refractivity contribution is -0.118. The first kappa shape index (κ1) is 14.0. The Hall–Kier alpha value is -1.03. The third-order valence-corrected chi connectivity index (χ3v) is 3.37. The van der Waals surface area contributed by atoms with E-state index in [2.05, 4.69) is 31.1 Å². The highest BCUT2D eigenvalue weighted by Gasteiger charge is 2.12. The van der Waals surface area contributed by atoms with Crippen molar-refractivity contribution in [2.45, 2.75) is 31.9 Å². The number of hydrogen-bond acceptors (Lipinski definition) is 3. The second-order valence-electron chi connectivity index (χ2n) is 4.86. The summed E-state index contributed by atoms with van der Waals surface area (Å²) < 4.78 is 0.140. The fourth-order valence-electron chi connectivity index (χ4n) is 1.23. The summed E-state index contributed by atoms with van der Waals surface area (Å²) in [5.74, 6) is 0.630. The molecule has 0 aliphatic rings. The highest BCUT2D eigenvalue weighted by Crippen LogP contribution is 2.22. The van der Waals surface area contributed by atoms with Gasteiger partial charge in [-0.15, -0.1) is 11.8 Å². The fourth-order valence-corrected chi connectivity index (χ4v) is 1.89. The Labute approximate surface area is 107 Å². The van der Waals surface area contributed by atoms with Crippen LogP contribution in [0.4, 0.5) is 0 Å². The van der Waals surface area contributed by atoms with Gasteiger partial charge in [0.2, 0.25) is 5.91 Å². The number of thioether (sulfide) groups is 1. The largest absolute Gasteiger partial charge is 0.355 e. The maximum atomic E-state index is 11.5. The predicted octanol–water partition coefficient (Wildman–Crippen LogP) is 2.27. The number of nitrogens with zero attached hydrogens (tertiary/aromatic N) is 1. The molecule has 0 unspecified atom stereocenters. The molecule has 0 aromatic carbocycles. The summed E-state index contributed by atoms with van der Waals surface area (Å²) in [5, 5.41) is 2.92. The molecule has 3 nitrogen and oxygen atoms in total. The number of carbonyl (C=O) groups is 1. The van der Waals surface area contributed by atoms with Crippen molar-refractivity contribution in [2.24, 2.45) is 0 Å². The van der Waals surface area contributed by atoms with Crippen LogP contribution in [-0.2, 0) is 11.2 Å². The minimum atomic E-state index is 0.105. The summed E-state index contributed by atoms with van der Waals surface area (Å²) in [6, 6.07) is 3.93. The van der Waals surface area contributed by atoms with E-state index in [4.69, 9.17) is 0 Å². The topological polar surface area (TPSA) is 42.0 Å². The molecule has 17 heavy (non-hydrogen) atoms. The molecule has 1 amide bonds. The van der Waals surface area contributed by atoms with Crippen molar-refractivity contribution < 1.29 is 4.79 Å². The molecule has 1 N–H and O–H groups in total. The average molecular weight is 252 g/mol. The molecule has 1 aromatic heterocycles. The van der Waals surface area contributed by atoms with Gasteiger partial charge in [-0.05, 0) is 18.1 Å². The molecule has 0 spiro atoms. The van der Waals surface area contributed by atoms with Crippen molar-refractivity contribution in [1.29, 1.82) is 0 Å². The van der Waals surface area contributed by atoms with Crippen LogP contribution in [0.1, 0.15) is 26.3 Å². The van der Waals surface area contributed by atoms with Gasteiger partial charge in [-0.3, -0.25) is 9.78 Å². The lowest BCUT2D eigenvalue weighted by atomic mass is 10.2. The molecule has 0 radical (unpaired) electrons. The molecule has 0 bridgehead atoms. The van der Waals surface area contributed by atoms with Crippen molar-refractivity contribution in [3.8, 4) is 0 Å². The second kappa shape index (κ2) is 6.64. The second-order valence-corrected chi connectivity index (χ2v) is 6.66. The monoisotopic (exact) mass is 252 g/mol. The highest BCUT2D eigenvalue weighted by molar-refractivity contribution is 8.01. The summed E-state index contributed by atoms with van der Waals surface area (Å²) in [6.07, 6.45) is 4.41. The highest BCUT2D eigenvalue weighted by atomic mass is 32.2.